The van der Waals surface area contributed by atoms with Crippen LogP contribution in [-0.2, 0) is 6.54 Å². The summed E-state index contributed by atoms with van der Waals surface area (Å²) in [5.74, 6) is -1.15. The normalized spacial score (nSPS) is 10.2. The zero-order valence-electron chi connectivity index (χ0n) is 10.5. The molecule has 2 rings (SSSR count). The highest BCUT2D eigenvalue weighted by Crippen LogP contribution is 2.21. The summed E-state index contributed by atoms with van der Waals surface area (Å²) in [6.07, 6.45) is 0. The Balaban J connectivity index is 1.96. The first-order chi connectivity index (χ1) is 9.95. The van der Waals surface area contributed by atoms with Crippen LogP contribution in [0.1, 0.15) is 15.2 Å². The average Bonchev–Trinajstić information content (AvgIpc) is 2.84. The van der Waals surface area contributed by atoms with Gasteiger partial charge in [0.25, 0.3) is 0 Å². The van der Waals surface area contributed by atoms with E-state index in [0.717, 1.165) is 9.35 Å². The van der Waals surface area contributed by atoms with Crippen LogP contribution in [-0.4, -0.2) is 17.1 Å². The van der Waals surface area contributed by atoms with E-state index in [1.165, 1.54) is 29.5 Å². The minimum atomic E-state index is -1.15. The van der Waals surface area contributed by atoms with E-state index in [2.05, 4.69) is 26.6 Å². The molecule has 2 aromatic rings. The van der Waals surface area contributed by atoms with Gasteiger partial charge in [-0.1, -0.05) is 11.6 Å². The van der Waals surface area contributed by atoms with E-state index in [1.54, 1.807) is 0 Å². The fourth-order valence-corrected chi connectivity index (χ4v) is 3.15. The molecule has 5 nitrogen and oxygen atoms in total. The Morgan fingerprint density at radius 1 is 1.33 bits per heavy atom. The number of carbonyl (C=O) groups excluding carboxylic acids is 1. The van der Waals surface area contributed by atoms with Crippen LogP contribution in [0, 0.1) is 0 Å². The van der Waals surface area contributed by atoms with Crippen molar-refractivity contribution in [3.63, 3.8) is 0 Å². The van der Waals surface area contributed by atoms with E-state index < -0.39 is 12.0 Å². The third kappa shape index (κ3) is 4.45. The number of rotatable bonds is 4. The maximum atomic E-state index is 11.7. The lowest BCUT2D eigenvalue weighted by Crippen LogP contribution is -2.27. The highest BCUT2D eigenvalue weighted by atomic mass is 79.9. The quantitative estimate of drug-likeness (QED) is 0.734. The number of carboxylic acids is 1. The molecule has 0 spiro atoms. The van der Waals surface area contributed by atoms with Gasteiger partial charge in [-0.2, -0.15) is 0 Å². The van der Waals surface area contributed by atoms with E-state index in [4.69, 9.17) is 16.7 Å². The van der Waals surface area contributed by atoms with E-state index in [9.17, 15) is 9.59 Å². The minimum Gasteiger partial charge on any atom is -0.478 e. The molecule has 0 saturated heterocycles. The summed E-state index contributed by atoms with van der Waals surface area (Å²) in [6, 6.07) is 5.77. The molecule has 0 bridgehead atoms. The number of hydrogen-bond acceptors (Lipinski definition) is 3. The highest BCUT2D eigenvalue weighted by molar-refractivity contribution is 9.10. The summed E-state index contributed by atoms with van der Waals surface area (Å²) in [5, 5.41) is 16.3. The average molecular weight is 390 g/mol. The largest absolute Gasteiger partial charge is 0.478 e. The smallest absolute Gasteiger partial charge is 0.337 e. The van der Waals surface area contributed by atoms with Gasteiger partial charge in [-0.3, -0.25) is 0 Å². The standard InChI is InChI=1S/C13H10BrClN2O3S/c14-7-3-9(21-6-7)5-16-13(20)17-8-1-2-11(15)10(4-8)12(18)19/h1-4,6H,5H2,(H,18,19)(H2,16,17,20). The number of nitrogens with one attached hydrogen (secondary N) is 2. The van der Waals surface area contributed by atoms with Crippen LogP contribution in [0.15, 0.2) is 34.1 Å². The number of halogens is 2. The molecular weight excluding hydrogens is 380 g/mol. The first kappa shape index (κ1) is 15.8. The summed E-state index contributed by atoms with van der Waals surface area (Å²) >= 11 is 10.6. The lowest BCUT2D eigenvalue weighted by molar-refractivity contribution is 0.0697. The number of hydrogen-bond donors (Lipinski definition) is 3. The monoisotopic (exact) mass is 388 g/mol. The minimum absolute atomic E-state index is 0.0587. The molecule has 0 radical (unpaired) electrons. The van der Waals surface area contributed by atoms with Crippen molar-refractivity contribution in [1.29, 1.82) is 0 Å². The van der Waals surface area contributed by atoms with Gasteiger partial charge in [0.1, 0.15) is 0 Å². The summed E-state index contributed by atoms with van der Waals surface area (Å²) in [5.41, 5.74) is 0.304. The van der Waals surface area contributed by atoms with E-state index in [-0.39, 0.29) is 10.6 Å². The van der Waals surface area contributed by atoms with Gasteiger partial charge in [0.05, 0.1) is 17.1 Å². The Bertz CT molecular complexity index is 690. The Labute approximate surface area is 138 Å². The summed E-state index contributed by atoms with van der Waals surface area (Å²) < 4.78 is 0.966. The number of amides is 2. The van der Waals surface area contributed by atoms with Gasteiger partial charge >= 0.3 is 12.0 Å². The van der Waals surface area contributed by atoms with Gasteiger partial charge in [-0.05, 0) is 40.2 Å². The molecule has 0 aliphatic carbocycles. The topological polar surface area (TPSA) is 78.4 Å². The second kappa shape index (κ2) is 6.93. The molecule has 0 aliphatic rings. The third-order valence-corrected chi connectivity index (χ3v) is 4.53. The fourth-order valence-electron chi connectivity index (χ4n) is 1.56. The van der Waals surface area contributed by atoms with Gasteiger partial charge in [-0.25, -0.2) is 9.59 Å². The van der Waals surface area contributed by atoms with Crippen LogP contribution >= 0.6 is 38.9 Å². The lowest BCUT2D eigenvalue weighted by atomic mass is 10.2. The number of benzene rings is 1. The van der Waals surface area contributed by atoms with Crippen molar-refractivity contribution in [2.24, 2.45) is 0 Å². The van der Waals surface area contributed by atoms with Gasteiger partial charge in [-0.15, -0.1) is 11.3 Å². The summed E-state index contributed by atoms with van der Waals surface area (Å²) in [6.45, 7) is 0.390. The molecule has 2 amide bonds. The number of urea groups is 1. The van der Waals surface area contributed by atoms with Crippen molar-refractivity contribution < 1.29 is 14.7 Å². The Hall–Kier alpha value is -1.57. The molecule has 0 unspecified atom stereocenters. The zero-order chi connectivity index (χ0) is 15.4. The Morgan fingerprint density at radius 3 is 2.71 bits per heavy atom. The van der Waals surface area contributed by atoms with E-state index >= 15 is 0 Å². The SMILES string of the molecule is O=C(NCc1cc(Br)cs1)Nc1ccc(Cl)c(C(=O)O)c1. The van der Waals surface area contributed by atoms with Crippen LogP contribution in [0.4, 0.5) is 10.5 Å². The lowest BCUT2D eigenvalue weighted by Gasteiger charge is -2.08. The zero-order valence-corrected chi connectivity index (χ0v) is 13.7. The van der Waals surface area contributed by atoms with Crippen molar-refractivity contribution in [2.45, 2.75) is 6.54 Å². The van der Waals surface area contributed by atoms with Gasteiger partial charge in [0.15, 0.2) is 0 Å². The van der Waals surface area contributed by atoms with Crippen LogP contribution in [0.25, 0.3) is 0 Å². The van der Waals surface area contributed by atoms with Crippen LogP contribution < -0.4 is 10.6 Å². The predicted molar refractivity (Wildman–Crippen MR) is 86.3 cm³/mol. The molecule has 0 saturated carbocycles. The van der Waals surface area contributed by atoms with Crippen molar-refractivity contribution in [1.82, 2.24) is 5.32 Å². The summed E-state index contributed by atoms with van der Waals surface area (Å²) in [4.78, 5) is 23.7. The molecule has 3 N–H and O–H groups in total. The molecule has 0 atom stereocenters. The number of carbonyl (C=O) groups is 2. The molecular formula is C13H10BrClN2O3S. The molecule has 0 fully saturated rings. The fraction of sp³-hybridized carbons (Fsp3) is 0.0769. The van der Waals surface area contributed by atoms with E-state index in [1.807, 2.05) is 11.4 Å². The van der Waals surface area contributed by atoms with Crippen molar-refractivity contribution in [3.05, 3.63) is 49.6 Å². The van der Waals surface area contributed by atoms with Gasteiger partial charge in [0.2, 0.25) is 0 Å². The Kier molecular flexibility index (Phi) is 5.22. The second-order valence-electron chi connectivity index (χ2n) is 4.04. The molecule has 0 aliphatic heterocycles. The van der Waals surface area contributed by atoms with Gasteiger partial charge in [0, 0.05) is 20.4 Å². The first-order valence-corrected chi connectivity index (χ1v) is 7.81. The molecule has 1 heterocycles. The maximum absolute atomic E-state index is 11.7. The van der Waals surface area contributed by atoms with Crippen LogP contribution in [0.2, 0.25) is 5.02 Å². The highest BCUT2D eigenvalue weighted by Gasteiger charge is 2.10. The molecule has 21 heavy (non-hydrogen) atoms. The van der Waals surface area contributed by atoms with Crippen molar-refractivity contribution in [2.75, 3.05) is 5.32 Å². The second-order valence-corrected chi connectivity index (χ2v) is 6.36. The summed E-state index contributed by atoms with van der Waals surface area (Å²) in [7, 11) is 0. The van der Waals surface area contributed by atoms with Gasteiger partial charge < -0.3 is 15.7 Å². The number of thiophene rings is 1. The maximum Gasteiger partial charge on any atom is 0.337 e. The molecule has 1 aromatic carbocycles. The van der Waals surface area contributed by atoms with Crippen LogP contribution in [0.3, 0.4) is 0 Å². The van der Waals surface area contributed by atoms with E-state index in [0.29, 0.717) is 12.2 Å². The van der Waals surface area contributed by atoms with Crippen molar-refractivity contribution >= 4 is 56.6 Å². The Morgan fingerprint density at radius 2 is 2.10 bits per heavy atom. The molecule has 1 aromatic heterocycles. The predicted octanol–water partition coefficient (Wildman–Crippen LogP) is 4.18. The van der Waals surface area contributed by atoms with Crippen molar-refractivity contribution in [3.8, 4) is 0 Å². The molecule has 8 heteroatoms. The first-order valence-electron chi connectivity index (χ1n) is 5.76. The number of carboxylic acid groups (broad SMARTS) is 1. The number of aromatic carboxylic acids is 1. The third-order valence-electron chi connectivity index (χ3n) is 2.50. The molecule has 110 valence electrons. The number of anilines is 1. The van der Waals surface area contributed by atoms with Crippen LogP contribution in [0.5, 0.6) is 0 Å².